The van der Waals surface area contributed by atoms with Crippen molar-refractivity contribution in [1.82, 2.24) is 0 Å². The molecule has 0 spiro atoms. The monoisotopic (exact) mass is 390 g/mol. The van der Waals surface area contributed by atoms with Crippen molar-refractivity contribution in [3.8, 4) is 0 Å². The molecule has 1 heterocycles. The highest BCUT2D eigenvalue weighted by molar-refractivity contribution is 9.10. The van der Waals surface area contributed by atoms with E-state index in [0.717, 1.165) is 15.7 Å². The number of aryl methyl sites for hydroxylation is 1. The Morgan fingerprint density at radius 2 is 2.08 bits per heavy atom. The molecule has 1 atom stereocenters. The minimum absolute atomic E-state index is 0.227. The molecule has 2 aromatic rings. The van der Waals surface area contributed by atoms with Crippen molar-refractivity contribution in [1.29, 1.82) is 0 Å². The van der Waals surface area contributed by atoms with Gasteiger partial charge in [-0.25, -0.2) is 4.39 Å². The van der Waals surface area contributed by atoms with E-state index in [0.29, 0.717) is 18.7 Å². The van der Waals surface area contributed by atoms with Gasteiger partial charge in [-0.1, -0.05) is 22.0 Å². The summed E-state index contributed by atoms with van der Waals surface area (Å²) >= 11 is 3.40. The molecule has 24 heavy (non-hydrogen) atoms. The number of nitrogens with zero attached hydrogens (tertiary/aromatic N) is 1. The fraction of sp³-hybridized carbons (Fsp3) is 0.222. The van der Waals surface area contributed by atoms with E-state index in [9.17, 15) is 14.0 Å². The van der Waals surface area contributed by atoms with Gasteiger partial charge in [-0.3, -0.25) is 9.59 Å². The van der Waals surface area contributed by atoms with Gasteiger partial charge >= 0.3 is 0 Å². The summed E-state index contributed by atoms with van der Waals surface area (Å²) in [6.45, 7) is 2.41. The molecule has 1 unspecified atom stereocenters. The molecule has 0 aliphatic carbocycles. The van der Waals surface area contributed by atoms with Crippen molar-refractivity contribution in [3.63, 3.8) is 0 Å². The van der Waals surface area contributed by atoms with Crippen molar-refractivity contribution in [2.75, 3.05) is 16.8 Å². The van der Waals surface area contributed by atoms with E-state index in [2.05, 4.69) is 21.2 Å². The average molecular weight is 391 g/mol. The predicted molar refractivity (Wildman–Crippen MR) is 94.4 cm³/mol. The highest BCUT2D eigenvalue weighted by Gasteiger charge is 2.38. The lowest BCUT2D eigenvalue weighted by molar-refractivity contribution is -0.129. The maximum absolute atomic E-state index is 13.2. The predicted octanol–water partition coefficient (Wildman–Crippen LogP) is 3.89. The van der Waals surface area contributed by atoms with Gasteiger partial charge in [-0.05, 0) is 55.3 Å². The van der Waals surface area contributed by atoms with E-state index in [1.165, 1.54) is 18.2 Å². The minimum Gasteiger partial charge on any atom is -0.325 e. The van der Waals surface area contributed by atoms with Crippen molar-refractivity contribution in [2.24, 2.45) is 5.92 Å². The number of amides is 2. The van der Waals surface area contributed by atoms with Crippen LogP contribution in [0.15, 0.2) is 46.9 Å². The molecule has 124 valence electrons. The molecule has 4 nitrogen and oxygen atoms in total. The molecule has 2 aromatic carbocycles. The lowest BCUT2D eigenvalue weighted by atomic mass is 10.1. The van der Waals surface area contributed by atoms with Crippen LogP contribution in [0.25, 0.3) is 0 Å². The molecule has 1 saturated heterocycles. The van der Waals surface area contributed by atoms with Crippen molar-refractivity contribution < 1.29 is 14.0 Å². The van der Waals surface area contributed by atoms with E-state index >= 15 is 0 Å². The topological polar surface area (TPSA) is 49.4 Å². The SMILES string of the molecule is Cc1cc(Br)ccc1N1CCC(C(=O)Nc2cccc(F)c2)C1=O. The Morgan fingerprint density at radius 3 is 2.79 bits per heavy atom. The number of rotatable bonds is 3. The molecule has 0 aromatic heterocycles. The molecule has 1 N–H and O–H groups in total. The van der Waals surface area contributed by atoms with Crippen LogP contribution in [-0.4, -0.2) is 18.4 Å². The van der Waals surface area contributed by atoms with Gasteiger partial charge < -0.3 is 10.2 Å². The Balaban J connectivity index is 1.75. The molecule has 1 fully saturated rings. The largest absolute Gasteiger partial charge is 0.325 e. The van der Waals surface area contributed by atoms with Crippen LogP contribution in [0.5, 0.6) is 0 Å². The second-order valence-electron chi connectivity index (χ2n) is 5.76. The van der Waals surface area contributed by atoms with Crippen LogP contribution in [-0.2, 0) is 9.59 Å². The third-order valence-corrected chi connectivity index (χ3v) is 4.56. The first-order chi connectivity index (χ1) is 11.5. The second-order valence-corrected chi connectivity index (χ2v) is 6.68. The third-order valence-electron chi connectivity index (χ3n) is 4.06. The molecule has 2 amide bonds. The third kappa shape index (κ3) is 3.33. The Bertz CT molecular complexity index is 809. The molecule has 3 rings (SSSR count). The van der Waals surface area contributed by atoms with Gasteiger partial charge in [0.2, 0.25) is 11.8 Å². The molecule has 1 aliphatic heterocycles. The van der Waals surface area contributed by atoms with Crippen molar-refractivity contribution in [2.45, 2.75) is 13.3 Å². The Kier molecular flexibility index (Phi) is 4.66. The molecule has 6 heteroatoms. The van der Waals surface area contributed by atoms with E-state index < -0.39 is 17.6 Å². The summed E-state index contributed by atoms with van der Waals surface area (Å²) in [7, 11) is 0. The van der Waals surface area contributed by atoms with E-state index in [-0.39, 0.29) is 5.91 Å². The number of halogens is 2. The van der Waals surface area contributed by atoms with Gasteiger partial charge in [0, 0.05) is 22.4 Å². The number of nitrogens with one attached hydrogen (secondary N) is 1. The van der Waals surface area contributed by atoms with Crippen LogP contribution in [0, 0.1) is 18.7 Å². The number of carbonyl (C=O) groups excluding carboxylic acids is 2. The van der Waals surface area contributed by atoms with Crippen LogP contribution in [0.2, 0.25) is 0 Å². The van der Waals surface area contributed by atoms with E-state index in [1.54, 1.807) is 11.0 Å². The zero-order valence-corrected chi connectivity index (χ0v) is 14.6. The quantitative estimate of drug-likeness (QED) is 0.808. The summed E-state index contributed by atoms with van der Waals surface area (Å²) in [6, 6.07) is 11.3. The highest BCUT2D eigenvalue weighted by Crippen LogP contribution is 2.30. The van der Waals surface area contributed by atoms with Gasteiger partial charge in [0.15, 0.2) is 0 Å². The van der Waals surface area contributed by atoms with E-state index in [1.807, 2.05) is 25.1 Å². The molecule has 1 aliphatic rings. The summed E-state index contributed by atoms with van der Waals surface area (Å²) in [5.74, 6) is -1.81. The van der Waals surface area contributed by atoms with E-state index in [4.69, 9.17) is 0 Å². The number of benzene rings is 2. The zero-order chi connectivity index (χ0) is 17.3. The first kappa shape index (κ1) is 16.6. The summed E-state index contributed by atoms with van der Waals surface area (Å²) in [5, 5.41) is 2.62. The van der Waals surface area contributed by atoms with Crippen LogP contribution in [0.1, 0.15) is 12.0 Å². The standard InChI is InChI=1S/C18H16BrFN2O2/c1-11-9-12(19)5-6-16(11)22-8-7-15(18(22)24)17(23)21-14-4-2-3-13(20)10-14/h2-6,9-10,15H,7-8H2,1H3,(H,21,23). The molecule has 0 radical (unpaired) electrons. The van der Waals surface area contributed by atoms with Crippen LogP contribution in [0.4, 0.5) is 15.8 Å². The lowest BCUT2D eigenvalue weighted by Gasteiger charge is -2.19. The Hall–Kier alpha value is -2.21. The second kappa shape index (κ2) is 6.73. The van der Waals surface area contributed by atoms with Gasteiger partial charge in [0.25, 0.3) is 0 Å². The van der Waals surface area contributed by atoms with Crippen molar-refractivity contribution in [3.05, 3.63) is 58.3 Å². The fourth-order valence-electron chi connectivity index (χ4n) is 2.88. The average Bonchev–Trinajstić information content (AvgIpc) is 2.89. The number of hydrogen-bond donors (Lipinski definition) is 1. The smallest absolute Gasteiger partial charge is 0.239 e. The number of carbonyl (C=O) groups is 2. The minimum atomic E-state index is -0.753. The summed E-state index contributed by atoms with van der Waals surface area (Å²) in [5.41, 5.74) is 2.12. The van der Waals surface area contributed by atoms with Crippen LogP contribution in [0.3, 0.4) is 0 Å². The lowest BCUT2D eigenvalue weighted by Crippen LogP contribution is -2.33. The molecule has 0 saturated carbocycles. The Morgan fingerprint density at radius 1 is 1.29 bits per heavy atom. The first-order valence-electron chi connectivity index (χ1n) is 7.59. The van der Waals surface area contributed by atoms with Gasteiger partial charge in [-0.2, -0.15) is 0 Å². The van der Waals surface area contributed by atoms with Gasteiger partial charge in [-0.15, -0.1) is 0 Å². The summed E-state index contributed by atoms with van der Waals surface area (Å²) in [6.07, 6.45) is 0.440. The maximum atomic E-state index is 13.2. The molecular weight excluding hydrogens is 375 g/mol. The maximum Gasteiger partial charge on any atom is 0.239 e. The summed E-state index contributed by atoms with van der Waals surface area (Å²) in [4.78, 5) is 26.6. The molecular formula is C18H16BrFN2O2. The van der Waals surface area contributed by atoms with Crippen LogP contribution < -0.4 is 10.2 Å². The number of hydrogen-bond acceptors (Lipinski definition) is 2. The Labute approximate surface area is 147 Å². The first-order valence-corrected chi connectivity index (χ1v) is 8.39. The fourth-order valence-corrected chi connectivity index (χ4v) is 3.36. The zero-order valence-electron chi connectivity index (χ0n) is 13.1. The molecule has 0 bridgehead atoms. The van der Waals surface area contributed by atoms with Crippen molar-refractivity contribution >= 4 is 39.1 Å². The summed E-state index contributed by atoms with van der Waals surface area (Å²) < 4.78 is 14.1. The van der Waals surface area contributed by atoms with Gasteiger partial charge in [0.1, 0.15) is 11.7 Å². The normalized spacial score (nSPS) is 17.2. The van der Waals surface area contributed by atoms with Crippen LogP contribution >= 0.6 is 15.9 Å². The number of anilines is 2. The highest BCUT2D eigenvalue weighted by atomic mass is 79.9. The van der Waals surface area contributed by atoms with Gasteiger partial charge in [0.05, 0.1) is 0 Å².